The predicted octanol–water partition coefficient (Wildman–Crippen LogP) is 2.24. The van der Waals surface area contributed by atoms with Crippen LogP contribution in [0, 0.1) is 0 Å². The molecule has 1 rings (SSSR count). The quantitative estimate of drug-likeness (QED) is 0.596. The van der Waals surface area contributed by atoms with E-state index in [0.29, 0.717) is 17.9 Å². The van der Waals surface area contributed by atoms with Gasteiger partial charge in [0.15, 0.2) is 0 Å². The fourth-order valence-electron chi connectivity index (χ4n) is 1.52. The average Bonchev–Trinajstić information content (AvgIpc) is 2.39. The van der Waals surface area contributed by atoms with E-state index in [1.165, 1.54) is 0 Å². The molecule has 0 amide bonds. The lowest BCUT2D eigenvalue weighted by atomic mass is 10.2. The number of hydrogen-bond donors (Lipinski definition) is 1. The van der Waals surface area contributed by atoms with Crippen molar-refractivity contribution in [1.29, 1.82) is 0 Å². The zero-order chi connectivity index (χ0) is 13.4. The maximum Gasteiger partial charge on any atom is 0.338 e. The number of hydrogen-bond acceptors (Lipinski definition) is 4. The van der Waals surface area contributed by atoms with Gasteiger partial charge >= 0.3 is 5.97 Å². The van der Waals surface area contributed by atoms with Crippen molar-refractivity contribution in [3.63, 3.8) is 0 Å². The Morgan fingerprint density at radius 2 is 2.22 bits per heavy atom. The Hall–Kier alpha value is -1.55. The lowest BCUT2D eigenvalue weighted by Crippen LogP contribution is -2.29. The van der Waals surface area contributed by atoms with E-state index in [-0.39, 0.29) is 12.1 Å². The Kier molecular flexibility index (Phi) is 6.22. The number of carbonyl (C=O) groups is 1. The molecular formula is C14H21NO3. The van der Waals surface area contributed by atoms with Crippen molar-refractivity contribution >= 4 is 5.97 Å². The maximum absolute atomic E-state index is 11.9. The van der Waals surface area contributed by atoms with Crippen LogP contribution in [-0.4, -0.2) is 32.3 Å². The SMILES string of the molecule is CCCNCC(C)OC(=O)c1cccc(OC)c1. The van der Waals surface area contributed by atoms with E-state index in [9.17, 15) is 4.79 Å². The molecule has 0 aliphatic rings. The molecule has 0 saturated heterocycles. The summed E-state index contributed by atoms with van der Waals surface area (Å²) in [7, 11) is 1.57. The zero-order valence-electron chi connectivity index (χ0n) is 11.2. The summed E-state index contributed by atoms with van der Waals surface area (Å²) in [6, 6.07) is 6.96. The highest BCUT2D eigenvalue weighted by Crippen LogP contribution is 2.13. The van der Waals surface area contributed by atoms with Crippen LogP contribution in [0.5, 0.6) is 5.75 Å². The van der Waals surface area contributed by atoms with Crippen LogP contribution >= 0.6 is 0 Å². The van der Waals surface area contributed by atoms with Crippen LogP contribution in [0.15, 0.2) is 24.3 Å². The van der Waals surface area contributed by atoms with Gasteiger partial charge in [-0.1, -0.05) is 13.0 Å². The third-order valence-corrected chi connectivity index (χ3v) is 2.47. The smallest absolute Gasteiger partial charge is 0.338 e. The van der Waals surface area contributed by atoms with Crippen LogP contribution in [0.3, 0.4) is 0 Å². The van der Waals surface area contributed by atoms with Crippen LogP contribution in [-0.2, 0) is 4.74 Å². The second-order valence-electron chi connectivity index (χ2n) is 4.15. The molecule has 1 unspecified atom stereocenters. The Bertz CT molecular complexity index is 379. The standard InChI is InChI=1S/C14H21NO3/c1-4-8-15-10-11(2)18-14(16)12-6-5-7-13(9-12)17-3/h5-7,9,11,15H,4,8,10H2,1-3H3. The second-order valence-corrected chi connectivity index (χ2v) is 4.15. The number of esters is 1. The van der Waals surface area contributed by atoms with Crippen molar-refractivity contribution in [2.75, 3.05) is 20.2 Å². The van der Waals surface area contributed by atoms with Gasteiger partial charge in [-0.15, -0.1) is 0 Å². The Labute approximate surface area is 108 Å². The van der Waals surface area contributed by atoms with Gasteiger partial charge in [-0.25, -0.2) is 4.79 Å². The molecule has 0 spiro atoms. The molecule has 0 saturated carbocycles. The highest BCUT2D eigenvalue weighted by molar-refractivity contribution is 5.89. The average molecular weight is 251 g/mol. The molecule has 18 heavy (non-hydrogen) atoms. The molecule has 0 bridgehead atoms. The fourth-order valence-corrected chi connectivity index (χ4v) is 1.52. The van der Waals surface area contributed by atoms with E-state index in [0.717, 1.165) is 13.0 Å². The fraction of sp³-hybridized carbons (Fsp3) is 0.500. The van der Waals surface area contributed by atoms with Crippen molar-refractivity contribution in [3.05, 3.63) is 29.8 Å². The molecule has 1 N–H and O–H groups in total. The molecule has 0 fully saturated rings. The van der Waals surface area contributed by atoms with Crippen LogP contribution in [0.1, 0.15) is 30.6 Å². The van der Waals surface area contributed by atoms with Crippen molar-refractivity contribution < 1.29 is 14.3 Å². The van der Waals surface area contributed by atoms with E-state index in [1.54, 1.807) is 31.4 Å². The van der Waals surface area contributed by atoms with Gasteiger partial charge in [-0.05, 0) is 38.1 Å². The van der Waals surface area contributed by atoms with Crippen molar-refractivity contribution in [2.45, 2.75) is 26.4 Å². The number of rotatable bonds is 7. The molecule has 0 aliphatic carbocycles. The summed E-state index contributed by atoms with van der Waals surface area (Å²) in [5.41, 5.74) is 0.511. The summed E-state index contributed by atoms with van der Waals surface area (Å²) in [4.78, 5) is 11.9. The molecule has 0 radical (unpaired) electrons. The first kappa shape index (κ1) is 14.5. The zero-order valence-corrected chi connectivity index (χ0v) is 11.2. The highest BCUT2D eigenvalue weighted by Gasteiger charge is 2.12. The summed E-state index contributed by atoms with van der Waals surface area (Å²) in [6.07, 6.45) is 0.923. The highest BCUT2D eigenvalue weighted by atomic mass is 16.5. The lowest BCUT2D eigenvalue weighted by molar-refractivity contribution is 0.0342. The number of benzene rings is 1. The molecule has 100 valence electrons. The molecule has 4 nitrogen and oxygen atoms in total. The molecule has 1 aromatic carbocycles. The van der Waals surface area contributed by atoms with Crippen molar-refractivity contribution in [1.82, 2.24) is 5.32 Å². The summed E-state index contributed by atoms with van der Waals surface area (Å²) in [5.74, 6) is 0.334. The van der Waals surface area contributed by atoms with Crippen LogP contribution < -0.4 is 10.1 Å². The molecule has 1 aromatic rings. The number of ether oxygens (including phenoxy) is 2. The molecule has 0 aromatic heterocycles. The topological polar surface area (TPSA) is 47.6 Å². The summed E-state index contributed by atoms with van der Waals surface area (Å²) in [6.45, 7) is 5.57. The van der Waals surface area contributed by atoms with Gasteiger partial charge in [0.25, 0.3) is 0 Å². The largest absolute Gasteiger partial charge is 0.497 e. The second kappa shape index (κ2) is 7.71. The third kappa shape index (κ3) is 4.75. The van der Waals surface area contributed by atoms with Gasteiger partial charge in [0.05, 0.1) is 12.7 Å². The summed E-state index contributed by atoms with van der Waals surface area (Å²) in [5, 5.41) is 3.21. The van der Waals surface area contributed by atoms with Gasteiger partial charge in [-0.2, -0.15) is 0 Å². The predicted molar refractivity (Wildman–Crippen MR) is 71.0 cm³/mol. The van der Waals surface area contributed by atoms with Crippen molar-refractivity contribution in [3.8, 4) is 5.75 Å². The van der Waals surface area contributed by atoms with E-state index >= 15 is 0 Å². The van der Waals surface area contributed by atoms with E-state index in [2.05, 4.69) is 12.2 Å². The summed E-state index contributed by atoms with van der Waals surface area (Å²) < 4.78 is 10.4. The van der Waals surface area contributed by atoms with Gasteiger partial charge < -0.3 is 14.8 Å². The van der Waals surface area contributed by atoms with Crippen LogP contribution in [0.25, 0.3) is 0 Å². The minimum Gasteiger partial charge on any atom is -0.497 e. The Balaban J connectivity index is 2.48. The van der Waals surface area contributed by atoms with Crippen LogP contribution in [0.4, 0.5) is 0 Å². The van der Waals surface area contributed by atoms with E-state index in [1.807, 2.05) is 6.92 Å². The third-order valence-electron chi connectivity index (χ3n) is 2.47. The maximum atomic E-state index is 11.9. The summed E-state index contributed by atoms with van der Waals surface area (Å²) >= 11 is 0. The lowest BCUT2D eigenvalue weighted by Gasteiger charge is -2.14. The Morgan fingerprint density at radius 3 is 2.89 bits per heavy atom. The van der Waals surface area contributed by atoms with Gasteiger partial charge in [0, 0.05) is 6.54 Å². The first-order chi connectivity index (χ1) is 8.67. The molecule has 1 atom stereocenters. The van der Waals surface area contributed by atoms with Gasteiger partial charge in [0.2, 0.25) is 0 Å². The molecule has 0 aliphatic heterocycles. The van der Waals surface area contributed by atoms with Gasteiger partial charge in [0.1, 0.15) is 11.9 Å². The first-order valence-corrected chi connectivity index (χ1v) is 6.23. The molecule has 0 heterocycles. The molecule has 4 heteroatoms. The van der Waals surface area contributed by atoms with Crippen molar-refractivity contribution in [2.24, 2.45) is 0 Å². The number of carbonyl (C=O) groups excluding carboxylic acids is 1. The van der Waals surface area contributed by atoms with Crippen LogP contribution in [0.2, 0.25) is 0 Å². The Morgan fingerprint density at radius 1 is 1.44 bits per heavy atom. The number of methoxy groups -OCH3 is 1. The minimum atomic E-state index is -0.320. The van der Waals surface area contributed by atoms with E-state index in [4.69, 9.17) is 9.47 Å². The number of nitrogens with one attached hydrogen (secondary N) is 1. The first-order valence-electron chi connectivity index (χ1n) is 6.23. The monoisotopic (exact) mass is 251 g/mol. The van der Waals surface area contributed by atoms with E-state index < -0.39 is 0 Å². The normalized spacial score (nSPS) is 11.9. The molecular weight excluding hydrogens is 230 g/mol. The van der Waals surface area contributed by atoms with Gasteiger partial charge in [-0.3, -0.25) is 0 Å². The minimum absolute atomic E-state index is 0.143.